The van der Waals surface area contributed by atoms with E-state index in [1.54, 1.807) is 0 Å². The van der Waals surface area contributed by atoms with Crippen molar-refractivity contribution in [1.29, 1.82) is 0 Å². The molecule has 2 rings (SSSR count). The van der Waals surface area contributed by atoms with Crippen molar-refractivity contribution in [2.45, 2.75) is 18.9 Å². The summed E-state index contributed by atoms with van der Waals surface area (Å²) in [6, 6.07) is 10.5. The first-order valence-corrected chi connectivity index (χ1v) is 5.21. The Balaban J connectivity index is 1.87. The summed E-state index contributed by atoms with van der Waals surface area (Å²) in [5.74, 6) is 0.559. The molecule has 1 aromatic rings. The fraction of sp³-hybridized carbons (Fsp3) is 0.500. The lowest BCUT2D eigenvalue weighted by molar-refractivity contribution is -0.000320. The average molecular weight is 191 g/mol. The molecule has 0 saturated carbocycles. The highest BCUT2D eigenvalue weighted by atomic mass is 16.3. The number of nitrogens with zero attached hydrogens (tertiary/aromatic N) is 1. The monoisotopic (exact) mass is 191 g/mol. The summed E-state index contributed by atoms with van der Waals surface area (Å²) < 4.78 is 0. The fourth-order valence-corrected chi connectivity index (χ4v) is 1.97. The molecule has 76 valence electrons. The molecule has 0 spiro atoms. The molecule has 1 fully saturated rings. The van der Waals surface area contributed by atoms with Crippen molar-refractivity contribution < 1.29 is 5.11 Å². The van der Waals surface area contributed by atoms with Gasteiger partial charge in [0.15, 0.2) is 0 Å². The van der Waals surface area contributed by atoms with E-state index < -0.39 is 0 Å². The van der Waals surface area contributed by atoms with E-state index in [1.807, 2.05) is 6.07 Å². The van der Waals surface area contributed by atoms with Crippen LogP contribution >= 0.6 is 0 Å². The van der Waals surface area contributed by atoms with E-state index in [1.165, 1.54) is 5.56 Å². The first-order valence-electron chi connectivity index (χ1n) is 5.21. The Hall–Kier alpha value is -0.860. The van der Waals surface area contributed by atoms with Gasteiger partial charge < -0.3 is 5.11 Å². The van der Waals surface area contributed by atoms with Gasteiger partial charge in [0.2, 0.25) is 0 Å². The van der Waals surface area contributed by atoms with E-state index >= 15 is 0 Å². The quantitative estimate of drug-likeness (QED) is 0.782. The minimum absolute atomic E-state index is 0.0852. The van der Waals surface area contributed by atoms with Crippen LogP contribution in [0.25, 0.3) is 0 Å². The third kappa shape index (κ3) is 2.14. The van der Waals surface area contributed by atoms with Crippen LogP contribution in [0.3, 0.4) is 0 Å². The highest BCUT2D eigenvalue weighted by Gasteiger charge is 2.25. The van der Waals surface area contributed by atoms with E-state index in [0.717, 1.165) is 19.6 Å². The lowest BCUT2D eigenvalue weighted by Gasteiger charge is -2.37. The van der Waals surface area contributed by atoms with E-state index in [9.17, 15) is 0 Å². The fourth-order valence-electron chi connectivity index (χ4n) is 1.97. The number of β-amino-alcohol motifs (C(OH)–C–C–N with tert-alkyl or cyclic N) is 1. The van der Waals surface area contributed by atoms with Crippen molar-refractivity contribution in [2.75, 3.05) is 19.6 Å². The Kier molecular flexibility index (Phi) is 2.85. The number of aliphatic hydroxyl groups is 1. The van der Waals surface area contributed by atoms with E-state index in [2.05, 4.69) is 36.1 Å². The van der Waals surface area contributed by atoms with Crippen LogP contribution in [0, 0.1) is 0 Å². The molecule has 1 aliphatic rings. The molecule has 0 aromatic heterocycles. The van der Waals surface area contributed by atoms with E-state index in [-0.39, 0.29) is 6.10 Å². The Labute approximate surface area is 85.2 Å². The van der Waals surface area contributed by atoms with Crippen LogP contribution in [0.5, 0.6) is 0 Å². The summed E-state index contributed by atoms with van der Waals surface area (Å²) >= 11 is 0. The highest BCUT2D eigenvalue weighted by molar-refractivity contribution is 5.19. The van der Waals surface area contributed by atoms with Crippen LogP contribution in [0.15, 0.2) is 30.3 Å². The molecule has 14 heavy (non-hydrogen) atoms. The highest BCUT2D eigenvalue weighted by Crippen LogP contribution is 2.18. The maximum absolute atomic E-state index is 9.16. The molecule has 1 aliphatic heterocycles. The van der Waals surface area contributed by atoms with Gasteiger partial charge in [0, 0.05) is 19.6 Å². The molecule has 0 unspecified atom stereocenters. The van der Waals surface area contributed by atoms with Gasteiger partial charge in [-0.2, -0.15) is 0 Å². The summed E-state index contributed by atoms with van der Waals surface area (Å²) in [4.78, 5) is 2.29. The number of hydrogen-bond acceptors (Lipinski definition) is 2. The summed E-state index contributed by atoms with van der Waals surface area (Å²) in [5.41, 5.74) is 1.38. The van der Waals surface area contributed by atoms with Crippen LogP contribution in [-0.4, -0.2) is 35.7 Å². The molecule has 0 radical (unpaired) electrons. The minimum atomic E-state index is -0.0852. The maximum atomic E-state index is 9.16. The van der Waals surface area contributed by atoms with Gasteiger partial charge in [0.1, 0.15) is 0 Å². The molecule has 0 amide bonds. The normalized spacial score (nSPS) is 20.4. The number of likely N-dealkylation sites (tertiary alicyclic amines) is 1. The lowest BCUT2D eigenvalue weighted by Crippen LogP contribution is -2.51. The predicted molar refractivity (Wildman–Crippen MR) is 57.3 cm³/mol. The summed E-state index contributed by atoms with van der Waals surface area (Å²) in [5, 5.41) is 9.16. The smallest absolute Gasteiger partial charge is 0.0793 e. The Morgan fingerprint density at radius 1 is 1.36 bits per heavy atom. The summed E-state index contributed by atoms with van der Waals surface area (Å²) in [6.45, 7) is 4.98. The second-order valence-corrected chi connectivity index (χ2v) is 4.18. The predicted octanol–water partition coefficient (Wildman–Crippen LogP) is 1.47. The standard InChI is InChI=1S/C12H17NO/c1-10(7-13-8-12(14)9-13)11-5-3-2-4-6-11/h2-6,10,12,14H,7-9H2,1H3/t10-/m1/s1. The molecule has 1 saturated heterocycles. The molecular weight excluding hydrogens is 174 g/mol. The second-order valence-electron chi connectivity index (χ2n) is 4.18. The number of rotatable bonds is 3. The van der Waals surface area contributed by atoms with E-state index in [4.69, 9.17) is 5.11 Å². The van der Waals surface area contributed by atoms with Crippen molar-refractivity contribution in [2.24, 2.45) is 0 Å². The zero-order chi connectivity index (χ0) is 9.97. The molecule has 1 atom stereocenters. The molecular formula is C12H17NO. The summed E-state index contributed by atoms with van der Waals surface area (Å²) in [7, 11) is 0. The second kappa shape index (κ2) is 4.11. The summed E-state index contributed by atoms with van der Waals surface area (Å²) in [6.07, 6.45) is -0.0852. The molecule has 2 nitrogen and oxygen atoms in total. The van der Waals surface area contributed by atoms with Gasteiger partial charge >= 0.3 is 0 Å². The van der Waals surface area contributed by atoms with Gasteiger partial charge in [-0.15, -0.1) is 0 Å². The zero-order valence-electron chi connectivity index (χ0n) is 8.56. The van der Waals surface area contributed by atoms with Crippen molar-refractivity contribution >= 4 is 0 Å². The van der Waals surface area contributed by atoms with Crippen LogP contribution in [0.4, 0.5) is 0 Å². The van der Waals surface area contributed by atoms with Crippen LogP contribution < -0.4 is 0 Å². The van der Waals surface area contributed by atoms with Crippen molar-refractivity contribution in [1.82, 2.24) is 4.90 Å². The van der Waals surface area contributed by atoms with Gasteiger partial charge in [-0.25, -0.2) is 0 Å². The van der Waals surface area contributed by atoms with Crippen LogP contribution in [0.2, 0.25) is 0 Å². The zero-order valence-corrected chi connectivity index (χ0v) is 8.56. The van der Waals surface area contributed by atoms with Crippen molar-refractivity contribution in [3.05, 3.63) is 35.9 Å². The molecule has 0 bridgehead atoms. The van der Waals surface area contributed by atoms with E-state index in [0.29, 0.717) is 5.92 Å². The molecule has 0 aliphatic carbocycles. The van der Waals surface area contributed by atoms with Gasteiger partial charge in [-0.05, 0) is 11.5 Å². The molecule has 1 N–H and O–H groups in total. The first-order chi connectivity index (χ1) is 6.75. The van der Waals surface area contributed by atoms with Crippen molar-refractivity contribution in [3.8, 4) is 0 Å². The third-order valence-electron chi connectivity index (χ3n) is 2.84. The Morgan fingerprint density at radius 2 is 2.00 bits per heavy atom. The average Bonchev–Trinajstić information content (AvgIpc) is 2.17. The Bertz CT molecular complexity index is 280. The molecule has 1 heterocycles. The topological polar surface area (TPSA) is 23.5 Å². The minimum Gasteiger partial charge on any atom is -0.390 e. The van der Waals surface area contributed by atoms with Gasteiger partial charge in [0.25, 0.3) is 0 Å². The van der Waals surface area contributed by atoms with Gasteiger partial charge in [-0.1, -0.05) is 37.3 Å². The Morgan fingerprint density at radius 3 is 2.57 bits per heavy atom. The van der Waals surface area contributed by atoms with Gasteiger partial charge in [0.05, 0.1) is 6.10 Å². The lowest BCUT2D eigenvalue weighted by atomic mass is 9.99. The van der Waals surface area contributed by atoms with Gasteiger partial charge in [-0.3, -0.25) is 4.90 Å². The van der Waals surface area contributed by atoms with Crippen LogP contribution in [-0.2, 0) is 0 Å². The largest absolute Gasteiger partial charge is 0.390 e. The molecule has 2 heteroatoms. The maximum Gasteiger partial charge on any atom is 0.0793 e. The number of hydrogen-bond donors (Lipinski definition) is 1. The van der Waals surface area contributed by atoms with Crippen LogP contribution in [0.1, 0.15) is 18.4 Å². The van der Waals surface area contributed by atoms with Crippen molar-refractivity contribution in [3.63, 3.8) is 0 Å². The first kappa shape index (κ1) is 9.69. The SMILES string of the molecule is C[C@H](CN1CC(O)C1)c1ccccc1. The number of benzene rings is 1. The third-order valence-corrected chi connectivity index (χ3v) is 2.84. The number of aliphatic hydroxyl groups excluding tert-OH is 1. The molecule has 1 aromatic carbocycles.